The molecule has 0 saturated heterocycles. The van der Waals surface area contributed by atoms with Gasteiger partial charge in [-0.2, -0.15) is 0 Å². The van der Waals surface area contributed by atoms with E-state index in [1.165, 1.54) is 6.07 Å². The van der Waals surface area contributed by atoms with E-state index in [2.05, 4.69) is 10.6 Å². The van der Waals surface area contributed by atoms with Crippen molar-refractivity contribution in [2.75, 3.05) is 19.7 Å². The zero-order valence-corrected chi connectivity index (χ0v) is 11.5. The smallest absolute Gasteiger partial charge is 0.257 e. The molecule has 2 N–H and O–H groups in total. The SMILES string of the molecule is CCCNC(=O)COc1ccc(CNCC)cc1F. The minimum Gasteiger partial charge on any atom is -0.481 e. The van der Waals surface area contributed by atoms with Gasteiger partial charge in [0.25, 0.3) is 5.91 Å². The largest absolute Gasteiger partial charge is 0.481 e. The summed E-state index contributed by atoms with van der Waals surface area (Å²) in [5.41, 5.74) is 0.849. The molecule has 19 heavy (non-hydrogen) atoms. The number of nitrogens with one attached hydrogen (secondary N) is 2. The summed E-state index contributed by atoms with van der Waals surface area (Å²) < 4.78 is 18.8. The van der Waals surface area contributed by atoms with Gasteiger partial charge in [-0.3, -0.25) is 4.79 Å². The highest BCUT2D eigenvalue weighted by atomic mass is 19.1. The summed E-state index contributed by atoms with van der Waals surface area (Å²) in [5, 5.41) is 5.78. The molecule has 0 aliphatic carbocycles. The van der Waals surface area contributed by atoms with Gasteiger partial charge in [0.05, 0.1) is 0 Å². The number of ether oxygens (including phenoxy) is 1. The molecule has 0 saturated carbocycles. The number of amides is 1. The second-order valence-corrected chi connectivity index (χ2v) is 4.18. The first-order chi connectivity index (χ1) is 9.17. The molecule has 0 spiro atoms. The first-order valence-corrected chi connectivity index (χ1v) is 6.56. The Balaban J connectivity index is 2.48. The molecule has 5 heteroatoms. The maximum Gasteiger partial charge on any atom is 0.257 e. The molecule has 4 nitrogen and oxygen atoms in total. The minimum absolute atomic E-state index is 0.104. The van der Waals surface area contributed by atoms with E-state index >= 15 is 0 Å². The Morgan fingerprint density at radius 2 is 2.16 bits per heavy atom. The Labute approximate surface area is 113 Å². The van der Waals surface area contributed by atoms with Crippen LogP contribution in [-0.4, -0.2) is 25.6 Å². The highest BCUT2D eigenvalue weighted by Gasteiger charge is 2.07. The lowest BCUT2D eigenvalue weighted by Crippen LogP contribution is -2.29. The van der Waals surface area contributed by atoms with Gasteiger partial charge >= 0.3 is 0 Å². The summed E-state index contributed by atoms with van der Waals surface area (Å²) in [6.45, 7) is 5.84. The average molecular weight is 268 g/mol. The van der Waals surface area contributed by atoms with E-state index in [0.29, 0.717) is 13.1 Å². The fourth-order valence-corrected chi connectivity index (χ4v) is 1.50. The number of rotatable bonds is 8. The van der Waals surface area contributed by atoms with Gasteiger partial charge in [0.1, 0.15) is 0 Å². The summed E-state index contributed by atoms with van der Waals surface area (Å²) in [4.78, 5) is 11.3. The summed E-state index contributed by atoms with van der Waals surface area (Å²) in [6, 6.07) is 4.75. The molecule has 0 aliphatic heterocycles. The lowest BCUT2D eigenvalue weighted by atomic mass is 10.2. The van der Waals surface area contributed by atoms with E-state index in [1.54, 1.807) is 12.1 Å². The zero-order chi connectivity index (χ0) is 14.1. The topological polar surface area (TPSA) is 50.4 Å². The van der Waals surface area contributed by atoms with Crippen molar-refractivity contribution in [1.29, 1.82) is 0 Å². The van der Waals surface area contributed by atoms with Crippen LogP contribution in [0.4, 0.5) is 4.39 Å². The highest BCUT2D eigenvalue weighted by Crippen LogP contribution is 2.18. The molecule has 1 aromatic rings. The molecule has 0 aliphatic rings. The van der Waals surface area contributed by atoms with Gasteiger partial charge in [-0.05, 0) is 30.7 Å². The Kier molecular flexibility index (Phi) is 6.89. The van der Waals surface area contributed by atoms with Gasteiger partial charge in [0.15, 0.2) is 18.2 Å². The first kappa shape index (κ1) is 15.4. The number of benzene rings is 1. The molecule has 1 amide bonds. The van der Waals surface area contributed by atoms with Crippen LogP contribution in [-0.2, 0) is 11.3 Å². The molecular weight excluding hydrogens is 247 g/mol. The second kappa shape index (κ2) is 8.48. The summed E-state index contributed by atoms with van der Waals surface area (Å²) in [7, 11) is 0. The second-order valence-electron chi connectivity index (χ2n) is 4.18. The van der Waals surface area contributed by atoms with Crippen molar-refractivity contribution < 1.29 is 13.9 Å². The fourth-order valence-electron chi connectivity index (χ4n) is 1.50. The van der Waals surface area contributed by atoms with Crippen molar-refractivity contribution >= 4 is 5.91 Å². The van der Waals surface area contributed by atoms with Crippen LogP contribution in [0.15, 0.2) is 18.2 Å². The normalized spacial score (nSPS) is 10.3. The van der Waals surface area contributed by atoms with E-state index < -0.39 is 5.82 Å². The number of hydrogen-bond donors (Lipinski definition) is 2. The van der Waals surface area contributed by atoms with Gasteiger partial charge in [-0.1, -0.05) is 19.9 Å². The summed E-state index contributed by atoms with van der Waals surface area (Å²) in [6.07, 6.45) is 0.860. The molecule has 0 fully saturated rings. The third kappa shape index (κ3) is 5.70. The summed E-state index contributed by atoms with van der Waals surface area (Å²) >= 11 is 0. The molecule has 0 unspecified atom stereocenters. The van der Waals surface area contributed by atoms with E-state index in [4.69, 9.17) is 4.74 Å². The van der Waals surface area contributed by atoms with Crippen LogP contribution in [0.2, 0.25) is 0 Å². The molecular formula is C14H21FN2O2. The fraction of sp³-hybridized carbons (Fsp3) is 0.500. The molecule has 0 radical (unpaired) electrons. The summed E-state index contributed by atoms with van der Waals surface area (Å²) in [5.74, 6) is -0.580. The minimum atomic E-state index is -0.446. The first-order valence-electron chi connectivity index (χ1n) is 6.56. The van der Waals surface area contributed by atoms with Crippen LogP contribution in [0.3, 0.4) is 0 Å². The van der Waals surface area contributed by atoms with Gasteiger partial charge in [0, 0.05) is 13.1 Å². The van der Waals surface area contributed by atoms with E-state index in [-0.39, 0.29) is 18.3 Å². The van der Waals surface area contributed by atoms with Gasteiger partial charge < -0.3 is 15.4 Å². The van der Waals surface area contributed by atoms with Crippen LogP contribution >= 0.6 is 0 Å². The van der Waals surface area contributed by atoms with Crippen LogP contribution in [0.1, 0.15) is 25.8 Å². The Hall–Kier alpha value is -1.62. The molecule has 0 bridgehead atoms. The molecule has 1 aromatic carbocycles. The van der Waals surface area contributed by atoms with Crippen LogP contribution in [0, 0.1) is 5.82 Å². The van der Waals surface area contributed by atoms with Gasteiger partial charge in [-0.15, -0.1) is 0 Å². The Morgan fingerprint density at radius 3 is 2.79 bits per heavy atom. The predicted molar refractivity (Wildman–Crippen MR) is 72.6 cm³/mol. The Bertz CT molecular complexity index is 410. The number of carbonyl (C=O) groups excluding carboxylic acids is 1. The van der Waals surface area contributed by atoms with Crippen LogP contribution in [0.25, 0.3) is 0 Å². The van der Waals surface area contributed by atoms with Crippen LogP contribution in [0.5, 0.6) is 5.75 Å². The van der Waals surface area contributed by atoms with E-state index in [9.17, 15) is 9.18 Å². The number of hydrogen-bond acceptors (Lipinski definition) is 3. The third-order valence-corrected chi connectivity index (χ3v) is 2.51. The molecule has 0 heterocycles. The van der Waals surface area contributed by atoms with Crippen molar-refractivity contribution in [3.05, 3.63) is 29.6 Å². The van der Waals surface area contributed by atoms with Crippen LogP contribution < -0.4 is 15.4 Å². The van der Waals surface area contributed by atoms with Crippen molar-refractivity contribution in [2.45, 2.75) is 26.8 Å². The molecule has 0 aromatic heterocycles. The van der Waals surface area contributed by atoms with E-state index in [1.807, 2.05) is 13.8 Å². The van der Waals surface area contributed by atoms with Gasteiger partial charge in [0.2, 0.25) is 0 Å². The van der Waals surface area contributed by atoms with Crippen molar-refractivity contribution in [3.8, 4) is 5.75 Å². The predicted octanol–water partition coefficient (Wildman–Crippen LogP) is 1.84. The average Bonchev–Trinajstić information content (AvgIpc) is 2.41. The van der Waals surface area contributed by atoms with Crippen molar-refractivity contribution in [1.82, 2.24) is 10.6 Å². The zero-order valence-electron chi connectivity index (χ0n) is 11.5. The molecule has 106 valence electrons. The lowest BCUT2D eigenvalue weighted by molar-refractivity contribution is -0.123. The molecule has 0 atom stereocenters. The Morgan fingerprint density at radius 1 is 1.37 bits per heavy atom. The maximum atomic E-state index is 13.7. The monoisotopic (exact) mass is 268 g/mol. The quantitative estimate of drug-likeness (QED) is 0.756. The van der Waals surface area contributed by atoms with Crippen molar-refractivity contribution in [2.24, 2.45) is 0 Å². The highest BCUT2D eigenvalue weighted by molar-refractivity contribution is 5.77. The number of carbonyl (C=O) groups is 1. The standard InChI is InChI=1S/C14H21FN2O2/c1-3-7-17-14(18)10-19-13-6-5-11(8-12(13)15)9-16-4-2/h5-6,8,16H,3-4,7,9-10H2,1-2H3,(H,17,18). The third-order valence-electron chi connectivity index (χ3n) is 2.51. The lowest BCUT2D eigenvalue weighted by Gasteiger charge is -2.09. The van der Waals surface area contributed by atoms with Gasteiger partial charge in [-0.25, -0.2) is 4.39 Å². The number of halogens is 1. The molecule has 1 rings (SSSR count). The van der Waals surface area contributed by atoms with E-state index in [0.717, 1.165) is 18.5 Å². The van der Waals surface area contributed by atoms with Crippen molar-refractivity contribution in [3.63, 3.8) is 0 Å². The maximum absolute atomic E-state index is 13.7.